The molecule has 0 spiro atoms. The van der Waals surface area contributed by atoms with Crippen LogP contribution in [0.4, 0.5) is 5.69 Å². The van der Waals surface area contributed by atoms with Gasteiger partial charge in [-0.15, -0.1) is 0 Å². The molecule has 88 valence electrons. The van der Waals surface area contributed by atoms with Gasteiger partial charge in [-0.1, -0.05) is 6.07 Å². The van der Waals surface area contributed by atoms with Crippen LogP contribution in [-0.4, -0.2) is 26.1 Å². The number of ether oxygens (including phenoxy) is 1. The van der Waals surface area contributed by atoms with Gasteiger partial charge in [0.25, 0.3) is 0 Å². The van der Waals surface area contributed by atoms with E-state index in [9.17, 15) is 4.79 Å². The van der Waals surface area contributed by atoms with Crippen molar-refractivity contribution >= 4 is 11.6 Å². The molecule has 4 nitrogen and oxygen atoms in total. The molecule has 1 aromatic carbocycles. The highest BCUT2D eigenvalue weighted by molar-refractivity contribution is 5.76. The molecule has 0 unspecified atom stereocenters. The summed E-state index contributed by atoms with van der Waals surface area (Å²) in [6.45, 7) is 3.21. The standard InChI is InChI=1S/C12H18N2O2/c1-3-13-12(15)7-8-14-10-5-4-6-11(9-10)16-2/h4-6,9,14H,3,7-8H2,1-2H3,(H,13,15). The zero-order valence-electron chi connectivity index (χ0n) is 9.75. The molecule has 0 aliphatic heterocycles. The SMILES string of the molecule is CCNC(=O)CCNc1cccc(OC)c1. The van der Waals surface area contributed by atoms with Crippen molar-refractivity contribution in [1.82, 2.24) is 5.32 Å². The molecule has 2 N–H and O–H groups in total. The Morgan fingerprint density at radius 2 is 2.25 bits per heavy atom. The number of hydrogen-bond acceptors (Lipinski definition) is 3. The lowest BCUT2D eigenvalue weighted by atomic mass is 10.3. The maximum Gasteiger partial charge on any atom is 0.221 e. The number of nitrogens with one attached hydrogen (secondary N) is 2. The lowest BCUT2D eigenvalue weighted by Crippen LogP contribution is -2.24. The summed E-state index contributed by atoms with van der Waals surface area (Å²) in [5.74, 6) is 0.876. The van der Waals surface area contributed by atoms with Crippen LogP contribution in [0.5, 0.6) is 5.75 Å². The van der Waals surface area contributed by atoms with Gasteiger partial charge < -0.3 is 15.4 Å². The number of benzene rings is 1. The molecule has 1 amide bonds. The summed E-state index contributed by atoms with van der Waals surface area (Å²) in [7, 11) is 1.63. The first kappa shape index (κ1) is 12.4. The molecule has 1 rings (SSSR count). The number of rotatable bonds is 6. The van der Waals surface area contributed by atoms with Crippen LogP contribution in [-0.2, 0) is 4.79 Å². The third-order valence-corrected chi connectivity index (χ3v) is 2.12. The molecule has 4 heteroatoms. The summed E-state index contributed by atoms with van der Waals surface area (Å²) < 4.78 is 5.10. The van der Waals surface area contributed by atoms with Crippen LogP contribution in [0, 0.1) is 0 Å². The van der Waals surface area contributed by atoms with Crippen molar-refractivity contribution in [3.8, 4) is 5.75 Å². The maximum absolute atomic E-state index is 11.2. The molecule has 0 aliphatic rings. The monoisotopic (exact) mass is 222 g/mol. The Labute approximate surface area is 96.0 Å². The Kier molecular flexibility index (Phi) is 5.19. The van der Waals surface area contributed by atoms with E-state index in [1.54, 1.807) is 7.11 Å². The van der Waals surface area contributed by atoms with Crippen LogP contribution in [0.1, 0.15) is 13.3 Å². The zero-order valence-corrected chi connectivity index (χ0v) is 9.75. The van der Waals surface area contributed by atoms with Crippen molar-refractivity contribution in [2.75, 3.05) is 25.5 Å². The first-order valence-electron chi connectivity index (χ1n) is 5.41. The topological polar surface area (TPSA) is 50.4 Å². The van der Waals surface area contributed by atoms with E-state index < -0.39 is 0 Å². The first-order chi connectivity index (χ1) is 7.76. The summed E-state index contributed by atoms with van der Waals surface area (Å²) in [6.07, 6.45) is 0.477. The van der Waals surface area contributed by atoms with Gasteiger partial charge in [-0.3, -0.25) is 4.79 Å². The predicted molar refractivity (Wildman–Crippen MR) is 64.8 cm³/mol. The van der Waals surface area contributed by atoms with Crippen LogP contribution in [0.2, 0.25) is 0 Å². The van der Waals surface area contributed by atoms with Crippen LogP contribution in [0.25, 0.3) is 0 Å². The smallest absolute Gasteiger partial charge is 0.221 e. The Morgan fingerprint density at radius 3 is 2.94 bits per heavy atom. The average molecular weight is 222 g/mol. The highest BCUT2D eigenvalue weighted by Gasteiger charge is 1.99. The van der Waals surface area contributed by atoms with Gasteiger partial charge in [0.15, 0.2) is 0 Å². The van der Waals surface area contributed by atoms with Crippen molar-refractivity contribution in [3.05, 3.63) is 24.3 Å². The zero-order chi connectivity index (χ0) is 11.8. The molecule has 1 aromatic rings. The Balaban J connectivity index is 2.34. The Hall–Kier alpha value is -1.71. The second-order valence-corrected chi connectivity index (χ2v) is 3.36. The molecule has 0 aliphatic carbocycles. The number of methoxy groups -OCH3 is 1. The Bertz CT molecular complexity index is 340. The fraction of sp³-hybridized carbons (Fsp3) is 0.417. The Morgan fingerprint density at radius 1 is 1.44 bits per heavy atom. The molecule has 0 saturated heterocycles. The summed E-state index contributed by atoms with van der Waals surface area (Å²) in [4.78, 5) is 11.2. The number of anilines is 1. The van der Waals surface area contributed by atoms with Crippen LogP contribution in [0.15, 0.2) is 24.3 Å². The number of carbonyl (C=O) groups excluding carboxylic acids is 1. The minimum absolute atomic E-state index is 0.0675. The fourth-order valence-corrected chi connectivity index (χ4v) is 1.34. The van der Waals surface area contributed by atoms with Gasteiger partial charge in [0, 0.05) is 31.3 Å². The van der Waals surface area contributed by atoms with Crippen molar-refractivity contribution < 1.29 is 9.53 Å². The summed E-state index contributed by atoms with van der Waals surface area (Å²) in [5.41, 5.74) is 0.962. The lowest BCUT2D eigenvalue weighted by molar-refractivity contribution is -0.120. The van der Waals surface area contributed by atoms with Gasteiger partial charge in [0.05, 0.1) is 7.11 Å². The van der Waals surface area contributed by atoms with Crippen molar-refractivity contribution in [2.24, 2.45) is 0 Å². The number of amides is 1. The summed E-state index contributed by atoms with van der Waals surface area (Å²) in [6, 6.07) is 7.64. The van der Waals surface area contributed by atoms with E-state index >= 15 is 0 Å². The van der Waals surface area contributed by atoms with Gasteiger partial charge >= 0.3 is 0 Å². The minimum atomic E-state index is 0.0675. The molecule has 0 aromatic heterocycles. The molecule has 16 heavy (non-hydrogen) atoms. The van der Waals surface area contributed by atoms with Crippen LogP contribution < -0.4 is 15.4 Å². The van der Waals surface area contributed by atoms with Gasteiger partial charge in [-0.25, -0.2) is 0 Å². The van der Waals surface area contributed by atoms with E-state index in [4.69, 9.17) is 4.74 Å². The summed E-state index contributed by atoms with van der Waals surface area (Å²) in [5, 5.41) is 5.92. The second kappa shape index (κ2) is 6.71. The van der Waals surface area contributed by atoms with E-state index in [1.165, 1.54) is 0 Å². The molecular formula is C12H18N2O2. The van der Waals surface area contributed by atoms with Gasteiger partial charge in [0.2, 0.25) is 5.91 Å². The van der Waals surface area contributed by atoms with Crippen molar-refractivity contribution in [2.45, 2.75) is 13.3 Å². The third kappa shape index (κ3) is 4.21. The first-order valence-corrected chi connectivity index (χ1v) is 5.41. The minimum Gasteiger partial charge on any atom is -0.497 e. The predicted octanol–water partition coefficient (Wildman–Crippen LogP) is 1.63. The molecule has 0 radical (unpaired) electrons. The molecule has 0 fully saturated rings. The van der Waals surface area contributed by atoms with Crippen LogP contribution >= 0.6 is 0 Å². The van der Waals surface area contributed by atoms with E-state index in [0.717, 1.165) is 11.4 Å². The highest BCUT2D eigenvalue weighted by Crippen LogP contribution is 2.16. The average Bonchev–Trinajstić information content (AvgIpc) is 2.30. The molecule has 0 bridgehead atoms. The quantitative estimate of drug-likeness (QED) is 0.769. The largest absolute Gasteiger partial charge is 0.497 e. The van der Waals surface area contributed by atoms with E-state index in [2.05, 4.69) is 10.6 Å². The van der Waals surface area contributed by atoms with E-state index in [0.29, 0.717) is 19.5 Å². The van der Waals surface area contributed by atoms with Crippen LogP contribution in [0.3, 0.4) is 0 Å². The number of carbonyl (C=O) groups is 1. The maximum atomic E-state index is 11.2. The van der Waals surface area contributed by atoms with E-state index in [1.807, 2.05) is 31.2 Å². The van der Waals surface area contributed by atoms with Gasteiger partial charge in [0.1, 0.15) is 5.75 Å². The van der Waals surface area contributed by atoms with Crippen molar-refractivity contribution in [1.29, 1.82) is 0 Å². The highest BCUT2D eigenvalue weighted by atomic mass is 16.5. The van der Waals surface area contributed by atoms with Crippen molar-refractivity contribution in [3.63, 3.8) is 0 Å². The second-order valence-electron chi connectivity index (χ2n) is 3.36. The third-order valence-electron chi connectivity index (χ3n) is 2.12. The van der Waals surface area contributed by atoms with E-state index in [-0.39, 0.29) is 5.91 Å². The van der Waals surface area contributed by atoms with Gasteiger partial charge in [-0.2, -0.15) is 0 Å². The fourth-order valence-electron chi connectivity index (χ4n) is 1.34. The summed E-state index contributed by atoms with van der Waals surface area (Å²) >= 11 is 0. The molecular weight excluding hydrogens is 204 g/mol. The molecule has 0 saturated carbocycles. The molecule has 0 atom stereocenters. The van der Waals surface area contributed by atoms with Gasteiger partial charge in [-0.05, 0) is 19.1 Å². The normalized spacial score (nSPS) is 9.62. The molecule has 0 heterocycles. The number of hydrogen-bond donors (Lipinski definition) is 2. The lowest BCUT2D eigenvalue weighted by Gasteiger charge is -2.07.